The summed E-state index contributed by atoms with van der Waals surface area (Å²) in [7, 11) is 3.87. The second-order valence-corrected chi connectivity index (χ2v) is 9.07. The number of fused-ring (bicyclic) bond motifs is 4. The van der Waals surface area contributed by atoms with Crippen molar-refractivity contribution >= 4 is 11.9 Å². The molecule has 3 saturated heterocycles. The first-order valence-corrected chi connectivity index (χ1v) is 9.35. The molecule has 0 spiro atoms. The van der Waals surface area contributed by atoms with Crippen molar-refractivity contribution in [3.05, 3.63) is 0 Å². The van der Waals surface area contributed by atoms with E-state index in [1.807, 2.05) is 20.8 Å². The van der Waals surface area contributed by atoms with Gasteiger partial charge in [-0.3, -0.25) is 9.69 Å². The molecule has 0 aromatic heterocycles. The molecule has 3 heterocycles. The summed E-state index contributed by atoms with van der Waals surface area (Å²) in [6.07, 6.45) is 3.89. The number of hydrogen-bond donors (Lipinski definition) is 0. The maximum atomic E-state index is 13.1. The largest absolute Gasteiger partial charge is 0.459 e. The predicted molar refractivity (Wildman–Crippen MR) is 89.8 cm³/mol. The van der Waals surface area contributed by atoms with E-state index in [0.29, 0.717) is 18.9 Å². The van der Waals surface area contributed by atoms with Gasteiger partial charge in [0, 0.05) is 37.5 Å². The van der Waals surface area contributed by atoms with E-state index in [9.17, 15) is 9.59 Å². The van der Waals surface area contributed by atoms with Gasteiger partial charge in [-0.1, -0.05) is 13.8 Å². The standard InChI is InChI=1S/C19H29NO5/c1-17(2)18(3)6-7-19(17,25-15(18)21)16(22)24-12-8-11-9-14(23-5)13(10-12)20(11)4/h11-14H,6-10H2,1-5H3/t11-,12-,13+,14-,18+,19-/m1/s1. The number of esters is 2. The summed E-state index contributed by atoms with van der Waals surface area (Å²) in [5.74, 6) is -0.612. The van der Waals surface area contributed by atoms with Crippen LogP contribution in [0.5, 0.6) is 0 Å². The van der Waals surface area contributed by atoms with Crippen LogP contribution in [0, 0.1) is 10.8 Å². The number of likely N-dealkylation sites (N-methyl/N-ethyl adjacent to an activating group) is 1. The molecule has 25 heavy (non-hydrogen) atoms. The predicted octanol–water partition coefficient (Wildman–Crippen LogP) is 1.90. The van der Waals surface area contributed by atoms with Crippen LogP contribution in [0.4, 0.5) is 0 Å². The Kier molecular flexibility index (Phi) is 3.59. The minimum absolute atomic E-state index is 0.129. The van der Waals surface area contributed by atoms with Gasteiger partial charge in [0.2, 0.25) is 5.60 Å². The molecule has 1 saturated carbocycles. The van der Waals surface area contributed by atoms with Crippen LogP contribution in [0.15, 0.2) is 0 Å². The minimum Gasteiger partial charge on any atom is -0.459 e. The quantitative estimate of drug-likeness (QED) is 0.724. The summed E-state index contributed by atoms with van der Waals surface area (Å²) in [4.78, 5) is 27.8. The summed E-state index contributed by atoms with van der Waals surface area (Å²) in [5.41, 5.74) is -2.27. The number of ether oxygens (including phenoxy) is 3. The molecule has 0 aromatic rings. The molecule has 0 aromatic carbocycles. The maximum Gasteiger partial charge on any atom is 0.351 e. The van der Waals surface area contributed by atoms with Crippen LogP contribution in [0.2, 0.25) is 0 Å². The third-order valence-corrected chi connectivity index (χ3v) is 8.06. The Morgan fingerprint density at radius 1 is 1.20 bits per heavy atom. The van der Waals surface area contributed by atoms with Gasteiger partial charge in [0.15, 0.2) is 0 Å². The molecular formula is C19H29NO5. The van der Waals surface area contributed by atoms with Crippen LogP contribution in [-0.4, -0.2) is 60.9 Å². The Labute approximate surface area is 149 Å². The fourth-order valence-electron chi connectivity index (χ4n) is 5.67. The van der Waals surface area contributed by atoms with Gasteiger partial charge < -0.3 is 14.2 Å². The normalized spacial score (nSPS) is 47.8. The summed E-state index contributed by atoms with van der Waals surface area (Å²) in [5, 5.41) is 0. The third kappa shape index (κ3) is 1.98. The van der Waals surface area contributed by atoms with Crippen molar-refractivity contribution in [2.75, 3.05) is 14.2 Å². The van der Waals surface area contributed by atoms with Crippen molar-refractivity contribution in [3.8, 4) is 0 Å². The van der Waals surface area contributed by atoms with E-state index in [2.05, 4.69) is 11.9 Å². The molecule has 4 fully saturated rings. The van der Waals surface area contributed by atoms with Crippen LogP contribution >= 0.6 is 0 Å². The van der Waals surface area contributed by atoms with Gasteiger partial charge in [0.1, 0.15) is 6.10 Å². The molecule has 0 N–H and O–H groups in total. The molecule has 140 valence electrons. The average molecular weight is 351 g/mol. The number of methoxy groups -OCH3 is 1. The Morgan fingerprint density at radius 2 is 1.92 bits per heavy atom. The first-order chi connectivity index (χ1) is 11.7. The SMILES string of the molecule is CO[C@@H]1C[C@H]2C[C@@H](OC(=O)[C@@]34CC[C@@](C)(C(=O)O3)C4(C)C)C[C@@H]1N2C. The molecule has 6 heteroatoms. The number of carbonyl (C=O) groups is 2. The van der Waals surface area contributed by atoms with Crippen LogP contribution < -0.4 is 0 Å². The zero-order valence-electron chi connectivity index (χ0n) is 15.8. The van der Waals surface area contributed by atoms with E-state index < -0.39 is 16.4 Å². The van der Waals surface area contributed by atoms with Crippen molar-refractivity contribution in [1.29, 1.82) is 0 Å². The second kappa shape index (κ2) is 5.19. The molecule has 4 aliphatic rings. The van der Waals surface area contributed by atoms with Crippen LogP contribution in [0.25, 0.3) is 0 Å². The topological polar surface area (TPSA) is 65.1 Å². The van der Waals surface area contributed by atoms with Gasteiger partial charge in [-0.15, -0.1) is 0 Å². The molecule has 6 atom stereocenters. The molecule has 6 nitrogen and oxygen atoms in total. The van der Waals surface area contributed by atoms with E-state index in [-0.39, 0.29) is 30.2 Å². The highest BCUT2D eigenvalue weighted by Crippen LogP contribution is 2.66. The molecular weight excluding hydrogens is 322 g/mol. The highest BCUT2D eigenvalue weighted by atomic mass is 16.6. The van der Waals surface area contributed by atoms with Gasteiger partial charge >= 0.3 is 11.9 Å². The fourth-order valence-corrected chi connectivity index (χ4v) is 5.67. The lowest BCUT2D eigenvalue weighted by Crippen LogP contribution is -2.52. The Balaban J connectivity index is 1.51. The van der Waals surface area contributed by atoms with Crippen molar-refractivity contribution < 1.29 is 23.8 Å². The highest BCUT2D eigenvalue weighted by Gasteiger charge is 2.76. The van der Waals surface area contributed by atoms with Crippen molar-refractivity contribution in [2.24, 2.45) is 10.8 Å². The molecule has 1 aliphatic carbocycles. The molecule has 4 rings (SSSR count). The van der Waals surface area contributed by atoms with Crippen LogP contribution in [0.1, 0.15) is 52.9 Å². The summed E-state index contributed by atoms with van der Waals surface area (Å²) >= 11 is 0. The van der Waals surface area contributed by atoms with E-state index >= 15 is 0 Å². The highest BCUT2D eigenvalue weighted by molar-refractivity contribution is 5.93. The van der Waals surface area contributed by atoms with E-state index in [4.69, 9.17) is 14.2 Å². The number of hydrogen-bond acceptors (Lipinski definition) is 6. The molecule has 0 radical (unpaired) electrons. The van der Waals surface area contributed by atoms with Gasteiger partial charge in [-0.25, -0.2) is 4.79 Å². The number of rotatable bonds is 3. The maximum absolute atomic E-state index is 13.1. The summed E-state index contributed by atoms with van der Waals surface area (Å²) in [6.45, 7) is 5.84. The van der Waals surface area contributed by atoms with Crippen LogP contribution in [-0.2, 0) is 23.8 Å². The molecule has 3 aliphatic heterocycles. The van der Waals surface area contributed by atoms with E-state index in [1.165, 1.54) is 0 Å². The zero-order valence-corrected chi connectivity index (χ0v) is 15.8. The van der Waals surface area contributed by atoms with Crippen molar-refractivity contribution in [2.45, 2.75) is 82.8 Å². The number of nitrogens with zero attached hydrogens (tertiary/aromatic N) is 1. The lowest BCUT2D eigenvalue weighted by molar-refractivity contribution is -0.189. The van der Waals surface area contributed by atoms with Gasteiger partial charge in [0.25, 0.3) is 0 Å². The summed E-state index contributed by atoms with van der Waals surface area (Å²) in [6, 6.07) is 0.666. The third-order valence-electron chi connectivity index (χ3n) is 8.06. The first kappa shape index (κ1) is 17.3. The smallest absolute Gasteiger partial charge is 0.351 e. The summed E-state index contributed by atoms with van der Waals surface area (Å²) < 4.78 is 17.2. The fraction of sp³-hybridized carbons (Fsp3) is 0.895. The van der Waals surface area contributed by atoms with E-state index in [0.717, 1.165) is 19.3 Å². The molecule has 0 unspecified atom stereocenters. The zero-order chi connectivity index (χ0) is 18.2. The molecule has 0 amide bonds. The van der Waals surface area contributed by atoms with Crippen molar-refractivity contribution in [3.63, 3.8) is 0 Å². The van der Waals surface area contributed by atoms with Gasteiger partial charge in [-0.05, 0) is 33.2 Å². The number of carbonyl (C=O) groups excluding carboxylic acids is 2. The lowest BCUT2D eigenvalue weighted by atomic mass is 9.66. The number of piperidine rings is 1. The second-order valence-electron chi connectivity index (χ2n) is 9.07. The monoisotopic (exact) mass is 351 g/mol. The first-order valence-electron chi connectivity index (χ1n) is 9.35. The Bertz CT molecular complexity index is 619. The Hall–Kier alpha value is -1.14. The van der Waals surface area contributed by atoms with E-state index in [1.54, 1.807) is 7.11 Å². The van der Waals surface area contributed by atoms with Crippen molar-refractivity contribution in [1.82, 2.24) is 4.90 Å². The Morgan fingerprint density at radius 3 is 2.48 bits per heavy atom. The van der Waals surface area contributed by atoms with Crippen LogP contribution in [0.3, 0.4) is 0 Å². The van der Waals surface area contributed by atoms with Gasteiger partial charge in [-0.2, -0.15) is 0 Å². The lowest BCUT2D eigenvalue weighted by Gasteiger charge is -2.39. The minimum atomic E-state index is -1.12. The van der Waals surface area contributed by atoms with Gasteiger partial charge in [0.05, 0.1) is 11.5 Å². The molecule has 4 bridgehead atoms. The average Bonchev–Trinajstić information content (AvgIpc) is 2.93.